The van der Waals surface area contributed by atoms with Crippen LogP contribution in [0.1, 0.15) is 80.2 Å². The molecular formula is C23H34O4. The van der Waals surface area contributed by atoms with E-state index in [1.165, 1.54) is 27.8 Å². The van der Waals surface area contributed by atoms with Crippen LogP contribution in [-0.2, 0) is 22.4 Å². The molecule has 4 heteroatoms. The monoisotopic (exact) mass is 374 g/mol. The van der Waals surface area contributed by atoms with Gasteiger partial charge in [0.05, 0.1) is 10.8 Å². The summed E-state index contributed by atoms with van der Waals surface area (Å²) in [5.41, 5.74) is 5.36. The van der Waals surface area contributed by atoms with Gasteiger partial charge in [-0.1, -0.05) is 6.07 Å². The number of carboxylic acid groups (broad SMARTS) is 2. The van der Waals surface area contributed by atoms with E-state index in [1.807, 2.05) is 0 Å². The molecule has 1 aromatic carbocycles. The van der Waals surface area contributed by atoms with Gasteiger partial charge in [0, 0.05) is 0 Å². The first kappa shape index (κ1) is 21.5. The third kappa shape index (κ3) is 4.91. The fourth-order valence-electron chi connectivity index (χ4n) is 4.05. The maximum Gasteiger partial charge on any atom is 0.309 e. The first-order valence-corrected chi connectivity index (χ1v) is 10.1. The molecule has 2 rings (SSSR count). The molecule has 0 aromatic heterocycles. The summed E-state index contributed by atoms with van der Waals surface area (Å²) >= 11 is 0. The van der Waals surface area contributed by atoms with Crippen molar-refractivity contribution in [1.82, 2.24) is 0 Å². The van der Waals surface area contributed by atoms with Crippen molar-refractivity contribution in [3.63, 3.8) is 0 Å². The summed E-state index contributed by atoms with van der Waals surface area (Å²) in [5.74, 6) is -1.39. The Morgan fingerprint density at radius 2 is 1.59 bits per heavy atom. The van der Waals surface area contributed by atoms with Gasteiger partial charge in [-0.25, -0.2) is 0 Å². The lowest BCUT2D eigenvalue weighted by atomic mass is 9.83. The smallest absolute Gasteiger partial charge is 0.309 e. The molecule has 4 nitrogen and oxygen atoms in total. The van der Waals surface area contributed by atoms with E-state index in [9.17, 15) is 19.8 Å². The van der Waals surface area contributed by atoms with Gasteiger partial charge in [0.2, 0.25) is 0 Å². The van der Waals surface area contributed by atoms with E-state index in [1.54, 1.807) is 13.8 Å². The quantitative estimate of drug-likeness (QED) is 0.588. The maximum absolute atomic E-state index is 11.4. The van der Waals surface area contributed by atoms with Crippen LogP contribution < -0.4 is 0 Å². The van der Waals surface area contributed by atoms with Crippen molar-refractivity contribution < 1.29 is 19.8 Å². The van der Waals surface area contributed by atoms with Gasteiger partial charge in [0.1, 0.15) is 0 Å². The normalized spacial score (nSPS) is 15.6. The molecule has 0 saturated heterocycles. The van der Waals surface area contributed by atoms with Crippen molar-refractivity contribution in [3.8, 4) is 0 Å². The molecule has 0 atom stereocenters. The van der Waals surface area contributed by atoms with Crippen LogP contribution >= 0.6 is 0 Å². The Hall–Kier alpha value is -1.84. The Labute approximate surface area is 163 Å². The molecule has 0 spiro atoms. The van der Waals surface area contributed by atoms with Gasteiger partial charge in [0.25, 0.3) is 0 Å². The molecular weight excluding hydrogens is 340 g/mol. The minimum Gasteiger partial charge on any atom is -0.481 e. The summed E-state index contributed by atoms with van der Waals surface area (Å²) in [6, 6.07) is 2.22. The predicted molar refractivity (Wildman–Crippen MR) is 107 cm³/mol. The molecule has 0 heterocycles. The zero-order chi connectivity index (χ0) is 20.4. The third-order valence-electron chi connectivity index (χ3n) is 6.51. The number of aliphatic carboxylic acids is 2. The molecule has 27 heavy (non-hydrogen) atoms. The largest absolute Gasteiger partial charge is 0.481 e. The first-order chi connectivity index (χ1) is 12.5. The topological polar surface area (TPSA) is 74.6 Å². The lowest BCUT2D eigenvalue weighted by molar-refractivity contribution is -0.147. The van der Waals surface area contributed by atoms with Crippen molar-refractivity contribution in [3.05, 3.63) is 33.9 Å². The van der Waals surface area contributed by atoms with E-state index in [0.717, 1.165) is 44.9 Å². The number of benzene rings is 1. The zero-order valence-corrected chi connectivity index (χ0v) is 17.4. The zero-order valence-electron chi connectivity index (χ0n) is 17.4. The standard InChI is InChI=1S/C23H34O4/c1-15-14-16(2)18(8-6-10-22(4,5)20(24)25)19(17(15)3)9-7-11-23(12-13-23)21(26)27/h14H,6-13H2,1-5H3,(H,24,25)(H,26,27). The van der Waals surface area contributed by atoms with Gasteiger partial charge in [-0.3, -0.25) is 9.59 Å². The Balaban J connectivity index is 2.10. The number of aryl methyl sites for hydroxylation is 2. The molecule has 2 N–H and O–H groups in total. The van der Waals surface area contributed by atoms with Crippen molar-refractivity contribution in [2.75, 3.05) is 0 Å². The van der Waals surface area contributed by atoms with E-state index in [-0.39, 0.29) is 0 Å². The summed E-state index contributed by atoms with van der Waals surface area (Å²) in [6.45, 7) is 9.98. The van der Waals surface area contributed by atoms with E-state index >= 15 is 0 Å². The second-order valence-corrected chi connectivity index (χ2v) is 9.07. The number of carboxylic acids is 2. The highest BCUT2D eigenvalue weighted by molar-refractivity contribution is 5.77. The summed E-state index contributed by atoms with van der Waals surface area (Å²) < 4.78 is 0. The van der Waals surface area contributed by atoms with Gasteiger partial charge in [0.15, 0.2) is 0 Å². The van der Waals surface area contributed by atoms with Crippen LogP contribution in [-0.4, -0.2) is 22.2 Å². The lowest BCUT2D eigenvalue weighted by Gasteiger charge is -2.22. The average molecular weight is 375 g/mol. The summed E-state index contributed by atoms with van der Waals surface area (Å²) in [5, 5.41) is 18.7. The summed E-state index contributed by atoms with van der Waals surface area (Å²) in [4.78, 5) is 22.8. The second-order valence-electron chi connectivity index (χ2n) is 9.07. The first-order valence-electron chi connectivity index (χ1n) is 10.1. The molecule has 1 fully saturated rings. The molecule has 150 valence electrons. The molecule has 0 unspecified atom stereocenters. The maximum atomic E-state index is 11.4. The second kappa shape index (κ2) is 8.04. The van der Waals surface area contributed by atoms with Gasteiger partial charge >= 0.3 is 11.9 Å². The molecule has 0 bridgehead atoms. The molecule has 1 saturated carbocycles. The number of rotatable bonds is 10. The molecule has 1 aliphatic carbocycles. The van der Waals surface area contributed by atoms with Crippen molar-refractivity contribution in [1.29, 1.82) is 0 Å². The Bertz CT molecular complexity index is 726. The van der Waals surface area contributed by atoms with E-state index in [4.69, 9.17) is 0 Å². The minimum absolute atomic E-state index is 0.460. The van der Waals surface area contributed by atoms with Crippen LogP contribution in [0.2, 0.25) is 0 Å². The van der Waals surface area contributed by atoms with Crippen molar-refractivity contribution >= 4 is 11.9 Å². The molecule has 1 aromatic rings. The summed E-state index contributed by atoms with van der Waals surface area (Å²) in [6.07, 6.45) is 6.54. The van der Waals surface area contributed by atoms with Crippen molar-refractivity contribution in [2.24, 2.45) is 10.8 Å². The Kier molecular flexibility index (Phi) is 6.39. The highest BCUT2D eigenvalue weighted by Crippen LogP contribution is 2.50. The summed E-state index contributed by atoms with van der Waals surface area (Å²) in [7, 11) is 0. The molecule has 0 radical (unpaired) electrons. The van der Waals surface area contributed by atoms with Gasteiger partial charge in [-0.2, -0.15) is 0 Å². The predicted octanol–water partition coefficient (Wildman–Crippen LogP) is 5.23. The number of hydrogen-bond donors (Lipinski definition) is 2. The molecule has 0 amide bonds. The third-order valence-corrected chi connectivity index (χ3v) is 6.51. The van der Waals surface area contributed by atoms with Crippen LogP contribution in [0.3, 0.4) is 0 Å². The van der Waals surface area contributed by atoms with E-state index in [2.05, 4.69) is 26.8 Å². The lowest BCUT2D eigenvalue weighted by Crippen LogP contribution is -2.23. The SMILES string of the molecule is Cc1cc(C)c(CCCC(C)(C)C(=O)O)c(CCCC2(C(=O)O)CC2)c1C. The van der Waals surface area contributed by atoms with Crippen LogP contribution in [0.15, 0.2) is 6.07 Å². The van der Waals surface area contributed by atoms with Gasteiger partial charge in [-0.05, 0) is 114 Å². The van der Waals surface area contributed by atoms with Crippen molar-refractivity contribution in [2.45, 2.75) is 86.0 Å². The van der Waals surface area contributed by atoms with Crippen LogP contribution in [0, 0.1) is 31.6 Å². The van der Waals surface area contributed by atoms with Crippen LogP contribution in [0.25, 0.3) is 0 Å². The Morgan fingerprint density at radius 1 is 1.00 bits per heavy atom. The fraction of sp³-hybridized carbons (Fsp3) is 0.652. The fourth-order valence-corrected chi connectivity index (χ4v) is 4.05. The van der Waals surface area contributed by atoms with E-state index < -0.39 is 22.8 Å². The molecule has 0 aliphatic heterocycles. The van der Waals surface area contributed by atoms with Gasteiger partial charge in [-0.15, -0.1) is 0 Å². The van der Waals surface area contributed by atoms with Crippen LogP contribution in [0.5, 0.6) is 0 Å². The number of carbonyl (C=O) groups is 2. The van der Waals surface area contributed by atoms with Crippen LogP contribution in [0.4, 0.5) is 0 Å². The number of hydrogen-bond acceptors (Lipinski definition) is 2. The van der Waals surface area contributed by atoms with Gasteiger partial charge < -0.3 is 10.2 Å². The highest BCUT2D eigenvalue weighted by Gasteiger charge is 2.49. The average Bonchev–Trinajstić information content (AvgIpc) is 3.35. The minimum atomic E-state index is -0.747. The highest BCUT2D eigenvalue weighted by atomic mass is 16.4. The molecule has 1 aliphatic rings. The Morgan fingerprint density at radius 3 is 2.11 bits per heavy atom. The van der Waals surface area contributed by atoms with E-state index in [0.29, 0.717) is 6.42 Å².